The maximum absolute atomic E-state index is 11.0. The summed E-state index contributed by atoms with van der Waals surface area (Å²) in [5.41, 5.74) is -0.319. The number of Topliss-reactive ketones (excluding diaryl/α,β-unsaturated/α-hetero) is 1. The molecule has 0 aliphatic carbocycles. The van der Waals surface area contributed by atoms with Crippen LogP contribution in [0, 0.1) is 0 Å². The minimum Gasteiger partial charge on any atom is -0.300 e. The number of carbonyl (C=O) groups is 1. The Morgan fingerprint density at radius 3 is 2.54 bits per heavy atom. The Labute approximate surface area is 77.1 Å². The van der Waals surface area contributed by atoms with E-state index >= 15 is 0 Å². The Bertz CT molecular complexity index is 316. The summed E-state index contributed by atoms with van der Waals surface area (Å²) in [5, 5.41) is 11.7. The van der Waals surface area contributed by atoms with Crippen molar-refractivity contribution in [2.24, 2.45) is 7.05 Å². The highest BCUT2D eigenvalue weighted by Crippen LogP contribution is 2.22. The zero-order valence-electron chi connectivity index (χ0n) is 8.40. The summed E-state index contributed by atoms with van der Waals surface area (Å²) in [6.45, 7) is 5.44. The van der Waals surface area contributed by atoms with Gasteiger partial charge in [-0.1, -0.05) is 13.8 Å². The third kappa shape index (κ3) is 2.34. The molecular formula is C8H14N4O. The minimum absolute atomic E-state index is 0.137. The van der Waals surface area contributed by atoms with Crippen molar-refractivity contribution in [3.8, 4) is 0 Å². The normalized spacial score (nSPS) is 11.7. The van der Waals surface area contributed by atoms with Crippen molar-refractivity contribution in [3.63, 3.8) is 0 Å². The van der Waals surface area contributed by atoms with E-state index in [0.717, 1.165) is 0 Å². The second kappa shape index (κ2) is 3.24. The number of hydrogen-bond acceptors (Lipinski definition) is 4. The fourth-order valence-electron chi connectivity index (χ4n) is 1.26. The van der Waals surface area contributed by atoms with Crippen molar-refractivity contribution in [1.29, 1.82) is 0 Å². The van der Waals surface area contributed by atoms with Gasteiger partial charge in [0, 0.05) is 11.8 Å². The molecule has 0 amide bonds. The van der Waals surface area contributed by atoms with E-state index in [9.17, 15) is 4.79 Å². The third-order valence-electron chi connectivity index (χ3n) is 1.80. The molecular weight excluding hydrogens is 168 g/mol. The van der Waals surface area contributed by atoms with Gasteiger partial charge in [0.15, 0.2) is 5.82 Å². The Morgan fingerprint density at radius 1 is 1.54 bits per heavy atom. The smallest absolute Gasteiger partial charge is 0.180 e. The predicted molar refractivity (Wildman–Crippen MR) is 47.1 cm³/mol. The van der Waals surface area contributed by atoms with Crippen LogP contribution < -0.4 is 0 Å². The molecule has 13 heavy (non-hydrogen) atoms. The average Bonchev–Trinajstić information content (AvgIpc) is 2.32. The Kier molecular flexibility index (Phi) is 2.45. The van der Waals surface area contributed by atoms with Crippen molar-refractivity contribution in [3.05, 3.63) is 5.82 Å². The van der Waals surface area contributed by atoms with Crippen molar-refractivity contribution in [1.82, 2.24) is 20.2 Å². The molecule has 1 aromatic rings. The lowest BCUT2D eigenvalue weighted by atomic mass is 9.87. The van der Waals surface area contributed by atoms with Crippen LogP contribution in [0.15, 0.2) is 0 Å². The van der Waals surface area contributed by atoms with Crippen LogP contribution in [-0.4, -0.2) is 26.0 Å². The van der Waals surface area contributed by atoms with Gasteiger partial charge in [0.05, 0.1) is 7.05 Å². The number of hydrogen-bond donors (Lipinski definition) is 0. The van der Waals surface area contributed by atoms with E-state index in [0.29, 0.717) is 12.2 Å². The number of nitrogens with zero attached hydrogens (tertiary/aromatic N) is 4. The van der Waals surface area contributed by atoms with Gasteiger partial charge in [0.25, 0.3) is 0 Å². The number of tetrazole rings is 1. The summed E-state index contributed by atoms with van der Waals surface area (Å²) in [6, 6.07) is 0. The maximum atomic E-state index is 11.0. The maximum Gasteiger partial charge on any atom is 0.180 e. The van der Waals surface area contributed by atoms with Gasteiger partial charge in [-0.3, -0.25) is 4.79 Å². The second-order valence-electron chi connectivity index (χ2n) is 3.87. The van der Waals surface area contributed by atoms with Crippen molar-refractivity contribution >= 4 is 5.78 Å². The molecule has 0 spiro atoms. The highest BCUT2D eigenvalue weighted by atomic mass is 16.1. The first-order valence-electron chi connectivity index (χ1n) is 4.16. The summed E-state index contributed by atoms with van der Waals surface area (Å²) in [4.78, 5) is 12.4. The highest BCUT2D eigenvalue weighted by molar-refractivity contribution is 5.76. The third-order valence-corrected chi connectivity index (χ3v) is 1.80. The van der Waals surface area contributed by atoms with E-state index in [1.165, 1.54) is 4.80 Å². The topological polar surface area (TPSA) is 60.7 Å². The molecule has 0 saturated heterocycles. The van der Waals surface area contributed by atoms with E-state index in [1.807, 2.05) is 13.8 Å². The molecule has 0 fully saturated rings. The molecule has 0 bridgehead atoms. The van der Waals surface area contributed by atoms with Crippen LogP contribution >= 0.6 is 0 Å². The summed E-state index contributed by atoms with van der Waals surface area (Å²) in [6.07, 6.45) is 0.443. The van der Waals surface area contributed by atoms with Gasteiger partial charge in [-0.05, 0) is 12.1 Å². The molecule has 1 aromatic heterocycles. The van der Waals surface area contributed by atoms with Crippen LogP contribution in [0.4, 0.5) is 0 Å². The summed E-state index contributed by atoms with van der Waals surface area (Å²) >= 11 is 0. The van der Waals surface area contributed by atoms with Crippen LogP contribution in [0.1, 0.15) is 33.0 Å². The molecule has 0 aliphatic rings. The van der Waals surface area contributed by atoms with Crippen LogP contribution in [0.3, 0.4) is 0 Å². The Hall–Kier alpha value is -1.26. The summed E-state index contributed by atoms with van der Waals surface area (Å²) < 4.78 is 0. The number of aromatic nitrogens is 4. The zero-order valence-corrected chi connectivity index (χ0v) is 8.40. The Balaban J connectivity index is 2.86. The molecule has 1 heterocycles. The first kappa shape index (κ1) is 9.83. The van der Waals surface area contributed by atoms with Crippen molar-refractivity contribution in [2.45, 2.75) is 32.6 Å². The van der Waals surface area contributed by atoms with Crippen LogP contribution in [-0.2, 0) is 17.3 Å². The molecule has 5 nitrogen and oxygen atoms in total. The molecule has 0 saturated carbocycles. The van der Waals surface area contributed by atoms with Crippen LogP contribution in [0.25, 0.3) is 0 Å². The molecule has 0 aliphatic heterocycles. The van der Waals surface area contributed by atoms with Gasteiger partial charge < -0.3 is 0 Å². The molecule has 72 valence electrons. The molecule has 0 aromatic carbocycles. The number of aryl methyl sites for hydroxylation is 1. The molecule has 1 rings (SSSR count). The van der Waals surface area contributed by atoms with E-state index in [4.69, 9.17) is 0 Å². The Morgan fingerprint density at radius 2 is 2.15 bits per heavy atom. The highest BCUT2D eigenvalue weighted by Gasteiger charge is 2.27. The number of carbonyl (C=O) groups excluding carboxylic acids is 1. The molecule has 0 unspecified atom stereocenters. The largest absolute Gasteiger partial charge is 0.300 e. The van der Waals surface area contributed by atoms with Gasteiger partial charge in [-0.2, -0.15) is 4.80 Å². The quantitative estimate of drug-likeness (QED) is 0.681. The average molecular weight is 182 g/mol. The van der Waals surface area contributed by atoms with Gasteiger partial charge in [0.2, 0.25) is 0 Å². The lowest BCUT2D eigenvalue weighted by molar-refractivity contribution is -0.118. The van der Waals surface area contributed by atoms with Crippen molar-refractivity contribution in [2.75, 3.05) is 0 Å². The molecule has 0 N–H and O–H groups in total. The van der Waals surface area contributed by atoms with Crippen LogP contribution in [0.2, 0.25) is 0 Å². The van der Waals surface area contributed by atoms with Crippen LogP contribution in [0.5, 0.6) is 0 Å². The van der Waals surface area contributed by atoms with Crippen molar-refractivity contribution < 1.29 is 4.79 Å². The minimum atomic E-state index is -0.319. The molecule has 5 heteroatoms. The predicted octanol–water partition coefficient (Wildman–Crippen LogP) is 0.467. The fraction of sp³-hybridized carbons (Fsp3) is 0.750. The summed E-state index contributed by atoms with van der Waals surface area (Å²) in [5.74, 6) is 0.752. The summed E-state index contributed by atoms with van der Waals surface area (Å²) in [7, 11) is 1.71. The van der Waals surface area contributed by atoms with Gasteiger partial charge >= 0.3 is 0 Å². The first-order valence-corrected chi connectivity index (χ1v) is 4.16. The van der Waals surface area contributed by atoms with Gasteiger partial charge in [0.1, 0.15) is 5.78 Å². The monoisotopic (exact) mass is 182 g/mol. The van der Waals surface area contributed by atoms with Gasteiger partial charge in [-0.15, -0.1) is 10.2 Å². The standard InChI is InChI=1S/C8H14N4O/c1-6(13)5-8(2,3)7-9-11-12(4)10-7/h5H2,1-4H3. The second-order valence-corrected chi connectivity index (χ2v) is 3.87. The lowest BCUT2D eigenvalue weighted by Gasteiger charge is -2.17. The zero-order chi connectivity index (χ0) is 10.1. The SMILES string of the molecule is CC(=O)CC(C)(C)c1nnn(C)n1. The van der Waals surface area contributed by atoms with E-state index in [1.54, 1.807) is 14.0 Å². The van der Waals surface area contributed by atoms with Gasteiger partial charge in [-0.25, -0.2) is 0 Å². The number of ketones is 1. The molecule has 0 atom stereocenters. The number of rotatable bonds is 3. The lowest BCUT2D eigenvalue weighted by Crippen LogP contribution is -2.22. The fourth-order valence-corrected chi connectivity index (χ4v) is 1.26. The van der Waals surface area contributed by atoms with E-state index < -0.39 is 0 Å². The van der Waals surface area contributed by atoms with E-state index in [2.05, 4.69) is 15.4 Å². The molecule has 0 radical (unpaired) electrons. The van der Waals surface area contributed by atoms with E-state index in [-0.39, 0.29) is 11.2 Å². The first-order chi connectivity index (χ1) is 5.92.